The van der Waals surface area contributed by atoms with E-state index in [0.29, 0.717) is 15.9 Å². The number of aromatic nitrogens is 2. The Morgan fingerprint density at radius 3 is 2.58 bits per heavy atom. The fraction of sp³-hybridized carbons (Fsp3) is 0.303. The van der Waals surface area contributed by atoms with Gasteiger partial charge in [-0.25, -0.2) is 15.0 Å². The van der Waals surface area contributed by atoms with Gasteiger partial charge < -0.3 is 15.1 Å². The first kappa shape index (κ1) is 30.9. The van der Waals surface area contributed by atoms with Crippen molar-refractivity contribution in [3.8, 4) is 11.3 Å². The van der Waals surface area contributed by atoms with Crippen LogP contribution in [0.15, 0.2) is 82.3 Å². The van der Waals surface area contributed by atoms with Gasteiger partial charge >= 0.3 is 0 Å². The maximum absolute atomic E-state index is 6.72. The quantitative estimate of drug-likeness (QED) is 0.140. The molecule has 0 bridgehead atoms. The molecule has 1 aromatic carbocycles. The lowest BCUT2D eigenvalue weighted by Gasteiger charge is -2.48. The summed E-state index contributed by atoms with van der Waals surface area (Å²) < 4.78 is 0.693. The number of thioether (sulfide) groups is 1. The SMILES string of the molecule is [B]c1c(C)ccc(NC)c1-c1nc2c(cc1C)C(N1C[C@@H](C)N(C(=C)C=C)CC1C)=NC(=C)N2c1c(SC)ccnc1Br. The van der Waals surface area contributed by atoms with Crippen LogP contribution in [0, 0.1) is 13.8 Å². The number of benzene rings is 1. The molecular formula is C33H37BBrN7S. The van der Waals surface area contributed by atoms with Crippen LogP contribution in [-0.4, -0.2) is 71.9 Å². The maximum atomic E-state index is 6.72. The van der Waals surface area contributed by atoms with Crippen molar-refractivity contribution in [2.45, 2.75) is 44.7 Å². The molecule has 0 amide bonds. The van der Waals surface area contributed by atoms with Gasteiger partial charge in [0, 0.05) is 60.3 Å². The van der Waals surface area contributed by atoms with Crippen LogP contribution in [0.1, 0.15) is 30.5 Å². The van der Waals surface area contributed by atoms with Crippen LogP contribution in [0.3, 0.4) is 0 Å². The second-order valence-corrected chi connectivity index (χ2v) is 12.6. The normalized spacial score (nSPS) is 18.3. The molecule has 0 saturated carbocycles. The molecule has 220 valence electrons. The molecule has 3 aromatic rings. The molecule has 4 heterocycles. The average Bonchev–Trinajstić information content (AvgIpc) is 2.99. The van der Waals surface area contributed by atoms with Crippen molar-refractivity contribution in [3.05, 3.63) is 89.1 Å². The summed E-state index contributed by atoms with van der Waals surface area (Å²) >= 11 is 5.35. The summed E-state index contributed by atoms with van der Waals surface area (Å²) in [5.41, 5.74) is 8.03. The van der Waals surface area contributed by atoms with Crippen LogP contribution < -0.4 is 15.7 Å². The summed E-state index contributed by atoms with van der Waals surface area (Å²) in [7, 11) is 8.63. The fourth-order valence-electron chi connectivity index (χ4n) is 5.91. The van der Waals surface area contributed by atoms with E-state index in [0.717, 1.165) is 74.7 Å². The Bertz CT molecular complexity index is 1670. The number of aryl methyl sites for hydroxylation is 2. The highest BCUT2D eigenvalue weighted by Crippen LogP contribution is 2.45. The number of hydrogen-bond acceptors (Lipinski definition) is 8. The zero-order valence-corrected chi connectivity index (χ0v) is 28.1. The Kier molecular flexibility index (Phi) is 8.81. The third-order valence-corrected chi connectivity index (χ3v) is 9.61. The highest BCUT2D eigenvalue weighted by molar-refractivity contribution is 9.10. The summed E-state index contributed by atoms with van der Waals surface area (Å²) in [5.74, 6) is 2.16. The summed E-state index contributed by atoms with van der Waals surface area (Å²) in [4.78, 5) is 22.9. The Labute approximate surface area is 269 Å². The van der Waals surface area contributed by atoms with Gasteiger partial charge in [-0.05, 0) is 79.7 Å². The smallest absolute Gasteiger partial charge is 0.150 e. The van der Waals surface area contributed by atoms with E-state index in [1.807, 2.05) is 49.4 Å². The number of amidine groups is 1. The molecule has 1 fully saturated rings. The minimum atomic E-state index is 0.161. The molecule has 2 atom stereocenters. The second-order valence-electron chi connectivity index (χ2n) is 11.0. The summed E-state index contributed by atoms with van der Waals surface area (Å²) in [6, 6.07) is 8.64. The minimum absolute atomic E-state index is 0.161. The van der Waals surface area contributed by atoms with Crippen molar-refractivity contribution in [2.75, 3.05) is 36.6 Å². The molecule has 1 N–H and O–H groups in total. The largest absolute Gasteiger partial charge is 0.388 e. The Morgan fingerprint density at radius 1 is 1.16 bits per heavy atom. The van der Waals surface area contributed by atoms with Crippen molar-refractivity contribution in [2.24, 2.45) is 4.99 Å². The molecule has 2 aromatic heterocycles. The number of fused-ring (bicyclic) bond motifs is 1. The maximum Gasteiger partial charge on any atom is 0.150 e. The van der Waals surface area contributed by atoms with E-state index in [1.165, 1.54) is 0 Å². The molecule has 7 nitrogen and oxygen atoms in total. The first-order valence-electron chi connectivity index (χ1n) is 14.2. The highest BCUT2D eigenvalue weighted by Gasteiger charge is 2.37. The number of pyridine rings is 2. The topological polar surface area (TPSA) is 59.9 Å². The van der Waals surface area contributed by atoms with Gasteiger partial charge in [0.05, 0.1) is 16.9 Å². The lowest BCUT2D eigenvalue weighted by Crippen LogP contribution is -2.58. The van der Waals surface area contributed by atoms with Crippen LogP contribution in [0.5, 0.6) is 0 Å². The van der Waals surface area contributed by atoms with Crippen molar-refractivity contribution in [1.29, 1.82) is 0 Å². The molecular weight excluding hydrogens is 617 g/mol. The Morgan fingerprint density at radius 2 is 1.91 bits per heavy atom. The van der Waals surface area contributed by atoms with Gasteiger partial charge in [0.1, 0.15) is 24.1 Å². The molecule has 2 radical (unpaired) electrons. The van der Waals surface area contributed by atoms with Gasteiger partial charge in [-0.15, -0.1) is 11.8 Å². The fourth-order valence-corrected chi connectivity index (χ4v) is 7.12. The first-order valence-corrected chi connectivity index (χ1v) is 16.2. The number of halogens is 1. The highest BCUT2D eigenvalue weighted by atomic mass is 79.9. The van der Waals surface area contributed by atoms with Crippen molar-refractivity contribution in [3.63, 3.8) is 0 Å². The van der Waals surface area contributed by atoms with E-state index < -0.39 is 0 Å². The van der Waals surface area contributed by atoms with Crippen molar-refractivity contribution < 1.29 is 0 Å². The Balaban J connectivity index is 1.75. The van der Waals surface area contributed by atoms with E-state index in [9.17, 15) is 0 Å². The van der Waals surface area contributed by atoms with Crippen LogP contribution in [0.4, 0.5) is 17.2 Å². The van der Waals surface area contributed by atoms with E-state index in [1.54, 1.807) is 18.0 Å². The second kappa shape index (κ2) is 12.2. The number of nitrogens with zero attached hydrogens (tertiary/aromatic N) is 6. The third kappa shape index (κ3) is 5.40. The number of piperazine rings is 1. The summed E-state index contributed by atoms with van der Waals surface area (Å²) in [6.45, 7) is 22.7. The van der Waals surface area contributed by atoms with Crippen LogP contribution in [-0.2, 0) is 0 Å². The number of aliphatic imine (C=N–C) groups is 1. The van der Waals surface area contributed by atoms with E-state index in [4.69, 9.17) is 17.8 Å². The predicted molar refractivity (Wildman–Crippen MR) is 187 cm³/mol. The Hall–Kier alpha value is -3.50. The predicted octanol–water partition coefficient (Wildman–Crippen LogP) is 6.54. The van der Waals surface area contributed by atoms with E-state index in [-0.39, 0.29) is 12.1 Å². The monoisotopic (exact) mass is 653 g/mol. The van der Waals surface area contributed by atoms with E-state index >= 15 is 0 Å². The van der Waals surface area contributed by atoms with Gasteiger partial charge in [-0.3, -0.25) is 4.90 Å². The summed E-state index contributed by atoms with van der Waals surface area (Å²) in [5, 5.41) is 3.31. The average molecular weight is 654 g/mol. The molecule has 10 heteroatoms. The molecule has 0 spiro atoms. The third-order valence-electron chi connectivity index (χ3n) is 8.26. The molecule has 1 unspecified atom stereocenters. The van der Waals surface area contributed by atoms with Crippen LogP contribution >= 0.6 is 27.7 Å². The van der Waals surface area contributed by atoms with Crippen molar-refractivity contribution >= 4 is 64.0 Å². The number of anilines is 3. The minimum Gasteiger partial charge on any atom is -0.388 e. The lowest BCUT2D eigenvalue weighted by atomic mass is 9.83. The van der Waals surface area contributed by atoms with Crippen molar-refractivity contribution in [1.82, 2.24) is 19.8 Å². The number of hydrogen-bond donors (Lipinski definition) is 1. The lowest BCUT2D eigenvalue weighted by molar-refractivity contribution is 0.120. The number of rotatable bonds is 6. The van der Waals surface area contributed by atoms with Gasteiger partial charge in [0.15, 0.2) is 5.82 Å². The zero-order chi connectivity index (χ0) is 31.2. The van der Waals surface area contributed by atoms with Gasteiger partial charge in [-0.2, -0.15) is 0 Å². The van der Waals surface area contributed by atoms with Crippen LogP contribution in [0.2, 0.25) is 0 Å². The number of nitrogens with one attached hydrogen (secondary N) is 1. The molecule has 1 saturated heterocycles. The molecule has 2 aliphatic rings. The number of allylic oxidation sites excluding steroid dienone is 1. The van der Waals surface area contributed by atoms with Crippen LogP contribution in [0.25, 0.3) is 11.3 Å². The zero-order valence-electron chi connectivity index (χ0n) is 25.7. The van der Waals surface area contributed by atoms with E-state index in [2.05, 4.69) is 82.6 Å². The molecule has 0 aliphatic carbocycles. The molecule has 43 heavy (non-hydrogen) atoms. The molecule has 2 aliphatic heterocycles. The van der Waals surface area contributed by atoms with Gasteiger partial charge in [0.25, 0.3) is 0 Å². The standard InChI is InChI=1S/C33H37BBrN7S/c1-10-20(4)40-16-22(6)41(17-21(40)5)32-24-15-19(3)29(27-25(36-8)12-11-18(2)28(27)34)39-33(24)42(23(7)38-32)30-26(43-9)13-14-37-31(30)35/h10-15,21-22,36H,1,4,7,16-17H2,2-3,5-6,8-9H3/t21-,22?/m1/s1. The van der Waals surface area contributed by atoms with Gasteiger partial charge in [0.2, 0.25) is 0 Å². The van der Waals surface area contributed by atoms with Gasteiger partial charge in [-0.1, -0.05) is 36.8 Å². The summed E-state index contributed by atoms with van der Waals surface area (Å²) in [6.07, 6.45) is 5.67. The first-order chi connectivity index (χ1) is 20.5. The molecule has 5 rings (SSSR count).